The van der Waals surface area contributed by atoms with Crippen LogP contribution in [0.4, 0.5) is 0 Å². The summed E-state index contributed by atoms with van der Waals surface area (Å²) >= 11 is 0. The van der Waals surface area contributed by atoms with Crippen molar-refractivity contribution in [3.8, 4) is 0 Å². The molecule has 0 amide bonds. The van der Waals surface area contributed by atoms with Crippen LogP contribution in [0.15, 0.2) is 0 Å². The number of hydrogen-bond acceptors (Lipinski definition) is 6. The third-order valence-corrected chi connectivity index (χ3v) is 3.50. The molecule has 4 atom stereocenters. The summed E-state index contributed by atoms with van der Waals surface area (Å²) in [7, 11) is 0. The Morgan fingerprint density at radius 1 is 1.14 bits per heavy atom. The van der Waals surface area contributed by atoms with E-state index in [4.69, 9.17) is 9.84 Å². The zero-order valence-corrected chi connectivity index (χ0v) is 12.7. The minimum atomic E-state index is -1.99. The summed E-state index contributed by atoms with van der Waals surface area (Å²) in [4.78, 5) is 11.6. The van der Waals surface area contributed by atoms with E-state index in [9.17, 15) is 25.2 Å². The maximum Gasteiger partial charge on any atom is 0.338 e. The molecule has 0 aliphatic rings. The number of unbranched alkanes of at least 4 members (excludes halogenated alkanes) is 2. The van der Waals surface area contributed by atoms with Gasteiger partial charge < -0.3 is 30.3 Å². The van der Waals surface area contributed by atoms with Crippen LogP contribution in [0.2, 0.25) is 0 Å². The highest BCUT2D eigenvalue weighted by Gasteiger charge is 2.50. The van der Waals surface area contributed by atoms with Crippen molar-refractivity contribution in [3.63, 3.8) is 0 Å². The first kappa shape index (κ1) is 20.3. The summed E-state index contributed by atoms with van der Waals surface area (Å²) in [6, 6.07) is 0. The fourth-order valence-electron chi connectivity index (χ4n) is 2.03. The van der Waals surface area contributed by atoms with E-state index in [0.29, 0.717) is 19.3 Å². The van der Waals surface area contributed by atoms with E-state index in [1.807, 2.05) is 13.8 Å². The van der Waals surface area contributed by atoms with Crippen molar-refractivity contribution in [1.82, 2.24) is 0 Å². The first-order valence-electron chi connectivity index (χ1n) is 7.39. The van der Waals surface area contributed by atoms with Crippen LogP contribution in [-0.4, -0.2) is 68.6 Å². The van der Waals surface area contributed by atoms with Gasteiger partial charge in [0.05, 0.1) is 6.61 Å². The minimum absolute atomic E-state index is 0.0128. The zero-order valence-electron chi connectivity index (χ0n) is 12.7. The lowest BCUT2D eigenvalue weighted by Gasteiger charge is -2.37. The molecule has 0 radical (unpaired) electrons. The molecule has 0 saturated heterocycles. The number of hydrogen-bond donors (Lipinski definition) is 5. The molecule has 0 unspecified atom stereocenters. The van der Waals surface area contributed by atoms with Gasteiger partial charge in [-0.2, -0.15) is 0 Å². The molecular weight excluding hydrogens is 280 g/mol. The summed E-state index contributed by atoms with van der Waals surface area (Å²) in [5.41, 5.74) is -1.99. The van der Waals surface area contributed by atoms with Crippen LogP contribution < -0.4 is 0 Å². The predicted molar refractivity (Wildman–Crippen MR) is 75.9 cm³/mol. The van der Waals surface area contributed by atoms with Gasteiger partial charge in [0, 0.05) is 6.61 Å². The zero-order chi connectivity index (χ0) is 16.5. The number of ether oxygens (including phenoxy) is 1. The molecule has 0 aliphatic carbocycles. The van der Waals surface area contributed by atoms with Gasteiger partial charge in [-0.15, -0.1) is 0 Å². The molecule has 0 bridgehead atoms. The highest BCUT2D eigenvalue weighted by molar-refractivity contribution is 5.78. The highest BCUT2D eigenvalue weighted by atomic mass is 16.5. The Morgan fingerprint density at radius 2 is 1.71 bits per heavy atom. The summed E-state index contributed by atoms with van der Waals surface area (Å²) in [5.74, 6) is -1.39. The molecule has 0 fully saturated rings. The second kappa shape index (κ2) is 10.1. The third kappa shape index (κ3) is 5.52. The SMILES string of the molecule is CCCCO[C@@](CCCC)(C(=O)O)[C@@H](O)[C@H](O)[C@H](O)CO. The molecule has 21 heavy (non-hydrogen) atoms. The Kier molecular flexibility index (Phi) is 9.72. The van der Waals surface area contributed by atoms with E-state index >= 15 is 0 Å². The second-order valence-electron chi connectivity index (χ2n) is 5.19. The number of aliphatic hydroxyl groups is 4. The van der Waals surface area contributed by atoms with E-state index in [2.05, 4.69) is 0 Å². The maximum absolute atomic E-state index is 11.6. The first-order chi connectivity index (χ1) is 9.87. The Balaban J connectivity index is 5.25. The van der Waals surface area contributed by atoms with Crippen molar-refractivity contribution in [3.05, 3.63) is 0 Å². The molecule has 0 rings (SSSR count). The Hall–Kier alpha value is -0.730. The average molecular weight is 308 g/mol. The third-order valence-electron chi connectivity index (χ3n) is 3.50. The van der Waals surface area contributed by atoms with Gasteiger partial charge in [-0.1, -0.05) is 33.1 Å². The van der Waals surface area contributed by atoms with Crippen LogP contribution in [0.5, 0.6) is 0 Å². The Morgan fingerprint density at radius 3 is 2.14 bits per heavy atom. The number of aliphatic carboxylic acids is 1. The molecule has 0 aromatic carbocycles. The lowest BCUT2D eigenvalue weighted by Crippen LogP contribution is -2.59. The van der Waals surface area contributed by atoms with Crippen molar-refractivity contribution in [1.29, 1.82) is 0 Å². The molecule has 0 saturated carbocycles. The van der Waals surface area contributed by atoms with Crippen molar-refractivity contribution >= 4 is 5.97 Å². The predicted octanol–water partition coefficient (Wildman–Crippen LogP) is -0.108. The molecule has 0 aromatic rings. The molecule has 7 nitrogen and oxygen atoms in total. The van der Waals surface area contributed by atoms with Gasteiger partial charge in [0.15, 0.2) is 5.60 Å². The van der Waals surface area contributed by atoms with Gasteiger partial charge >= 0.3 is 5.97 Å². The van der Waals surface area contributed by atoms with E-state index in [-0.39, 0.29) is 13.0 Å². The van der Waals surface area contributed by atoms with Crippen molar-refractivity contribution < 1.29 is 35.1 Å². The van der Waals surface area contributed by atoms with Crippen LogP contribution in [0.3, 0.4) is 0 Å². The fraction of sp³-hybridized carbons (Fsp3) is 0.929. The number of carboxylic acid groups (broad SMARTS) is 1. The second-order valence-corrected chi connectivity index (χ2v) is 5.19. The average Bonchev–Trinajstić information content (AvgIpc) is 2.48. The van der Waals surface area contributed by atoms with Crippen LogP contribution in [0.1, 0.15) is 46.0 Å². The molecule has 126 valence electrons. The van der Waals surface area contributed by atoms with Gasteiger partial charge in [-0.05, 0) is 12.8 Å². The fourth-order valence-corrected chi connectivity index (χ4v) is 2.03. The van der Waals surface area contributed by atoms with Gasteiger partial charge in [0.25, 0.3) is 0 Å². The van der Waals surface area contributed by atoms with Crippen LogP contribution in [0, 0.1) is 0 Å². The normalized spacial score (nSPS) is 18.8. The van der Waals surface area contributed by atoms with Crippen LogP contribution >= 0.6 is 0 Å². The summed E-state index contributed by atoms with van der Waals surface area (Å²) in [6.07, 6.45) is -2.66. The van der Waals surface area contributed by atoms with Crippen molar-refractivity contribution in [2.24, 2.45) is 0 Å². The first-order valence-corrected chi connectivity index (χ1v) is 7.39. The summed E-state index contributed by atoms with van der Waals surface area (Å²) in [6.45, 7) is 3.13. The molecule has 5 N–H and O–H groups in total. The van der Waals surface area contributed by atoms with E-state index < -0.39 is 36.5 Å². The number of rotatable bonds is 12. The van der Waals surface area contributed by atoms with Gasteiger partial charge in [-0.3, -0.25) is 0 Å². The molecular formula is C14H28O7. The molecule has 7 heteroatoms. The van der Waals surface area contributed by atoms with Crippen molar-refractivity contribution in [2.45, 2.75) is 69.9 Å². The highest BCUT2D eigenvalue weighted by Crippen LogP contribution is 2.28. The van der Waals surface area contributed by atoms with E-state index in [0.717, 1.165) is 6.42 Å². The lowest BCUT2D eigenvalue weighted by molar-refractivity contribution is -0.207. The monoisotopic (exact) mass is 308 g/mol. The molecule has 0 heterocycles. The molecule has 0 aromatic heterocycles. The largest absolute Gasteiger partial charge is 0.479 e. The standard InChI is InChI=1S/C14H28O7/c1-3-5-7-14(13(19)20,21-8-6-4-2)12(18)11(17)10(16)9-15/h10-12,15-18H,3-9H2,1-2H3,(H,19,20)/t10-,11-,12+,14-/m1/s1. The van der Waals surface area contributed by atoms with E-state index in [1.165, 1.54) is 0 Å². The smallest absolute Gasteiger partial charge is 0.338 e. The maximum atomic E-state index is 11.6. The van der Waals surface area contributed by atoms with Gasteiger partial charge in [0.2, 0.25) is 0 Å². The quantitative estimate of drug-likeness (QED) is 0.318. The lowest BCUT2D eigenvalue weighted by atomic mass is 9.85. The molecule has 0 aliphatic heterocycles. The Labute approximate surface area is 125 Å². The number of carbonyl (C=O) groups is 1. The topological polar surface area (TPSA) is 127 Å². The van der Waals surface area contributed by atoms with Gasteiger partial charge in [-0.25, -0.2) is 4.79 Å². The number of aliphatic hydroxyl groups excluding tert-OH is 4. The molecule has 0 spiro atoms. The number of carboxylic acids is 1. The summed E-state index contributed by atoms with van der Waals surface area (Å²) < 4.78 is 5.41. The van der Waals surface area contributed by atoms with Crippen LogP contribution in [0.25, 0.3) is 0 Å². The summed E-state index contributed by atoms with van der Waals surface area (Å²) in [5, 5.41) is 47.8. The Bertz CT molecular complexity index is 297. The van der Waals surface area contributed by atoms with Crippen LogP contribution in [-0.2, 0) is 9.53 Å². The van der Waals surface area contributed by atoms with Crippen molar-refractivity contribution in [2.75, 3.05) is 13.2 Å². The minimum Gasteiger partial charge on any atom is -0.479 e. The van der Waals surface area contributed by atoms with E-state index in [1.54, 1.807) is 0 Å². The van der Waals surface area contributed by atoms with Gasteiger partial charge in [0.1, 0.15) is 18.3 Å².